The molecule has 0 bridgehead atoms. The molecule has 2 aromatic rings. The third-order valence-corrected chi connectivity index (χ3v) is 2.85. The summed E-state index contributed by atoms with van der Waals surface area (Å²) in [6, 6.07) is 3.85. The van der Waals surface area contributed by atoms with E-state index in [2.05, 4.69) is 32.1 Å². The molecule has 0 saturated heterocycles. The van der Waals surface area contributed by atoms with E-state index in [0.717, 1.165) is 13.0 Å². The summed E-state index contributed by atoms with van der Waals surface area (Å²) in [5.41, 5.74) is 1.33. The number of aromatic nitrogens is 2. The first kappa shape index (κ1) is 10.9. The van der Waals surface area contributed by atoms with Crippen LogP contribution >= 0.6 is 11.3 Å². The van der Waals surface area contributed by atoms with Crippen LogP contribution in [0.3, 0.4) is 0 Å². The van der Waals surface area contributed by atoms with Crippen LogP contribution in [0.15, 0.2) is 29.1 Å². The van der Waals surface area contributed by atoms with Gasteiger partial charge in [-0.2, -0.15) is 16.3 Å². The Labute approximate surface area is 98.3 Å². The van der Waals surface area contributed by atoms with E-state index in [1.807, 2.05) is 0 Å². The Hall–Kier alpha value is -1.62. The molecule has 0 aliphatic heterocycles. The van der Waals surface area contributed by atoms with Gasteiger partial charge in [0.1, 0.15) is 0 Å². The van der Waals surface area contributed by atoms with Crippen LogP contribution in [0.4, 0.5) is 5.95 Å². The van der Waals surface area contributed by atoms with Crippen LogP contribution in [0.2, 0.25) is 0 Å². The number of hydrogen-bond acceptors (Lipinski definition) is 5. The molecule has 0 unspecified atom stereocenters. The SMILES string of the molecule is COc1ccnc(NCCc2ccsc2)n1. The fourth-order valence-electron chi connectivity index (χ4n) is 1.29. The number of nitrogens with zero attached hydrogens (tertiary/aromatic N) is 2. The van der Waals surface area contributed by atoms with Crippen LogP contribution in [0.1, 0.15) is 5.56 Å². The monoisotopic (exact) mass is 235 g/mol. The molecular formula is C11H13N3OS. The molecule has 0 spiro atoms. The molecule has 16 heavy (non-hydrogen) atoms. The average molecular weight is 235 g/mol. The molecule has 5 heteroatoms. The lowest BCUT2D eigenvalue weighted by molar-refractivity contribution is 0.397. The molecule has 2 rings (SSSR count). The zero-order chi connectivity index (χ0) is 11.2. The van der Waals surface area contributed by atoms with E-state index in [4.69, 9.17) is 4.74 Å². The summed E-state index contributed by atoms with van der Waals surface area (Å²) in [5, 5.41) is 7.39. The van der Waals surface area contributed by atoms with Gasteiger partial charge in [0.15, 0.2) is 0 Å². The lowest BCUT2D eigenvalue weighted by Crippen LogP contribution is -2.07. The maximum atomic E-state index is 5.02. The molecule has 0 radical (unpaired) electrons. The van der Waals surface area contributed by atoms with Gasteiger partial charge in [0.2, 0.25) is 11.8 Å². The zero-order valence-electron chi connectivity index (χ0n) is 9.01. The Balaban J connectivity index is 1.85. The zero-order valence-corrected chi connectivity index (χ0v) is 9.83. The van der Waals surface area contributed by atoms with Crippen LogP contribution < -0.4 is 10.1 Å². The summed E-state index contributed by atoms with van der Waals surface area (Å²) < 4.78 is 5.02. The van der Waals surface area contributed by atoms with Crippen molar-refractivity contribution in [3.8, 4) is 5.88 Å². The third-order valence-electron chi connectivity index (χ3n) is 2.12. The lowest BCUT2D eigenvalue weighted by Gasteiger charge is -2.04. The van der Waals surface area contributed by atoms with Gasteiger partial charge in [-0.3, -0.25) is 0 Å². The van der Waals surface area contributed by atoms with Crippen molar-refractivity contribution >= 4 is 17.3 Å². The van der Waals surface area contributed by atoms with Gasteiger partial charge in [0, 0.05) is 18.8 Å². The number of rotatable bonds is 5. The molecule has 0 aliphatic rings. The van der Waals surface area contributed by atoms with Crippen molar-refractivity contribution < 1.29 is 4.74 Å². The predicted molar refractivity (Wildman–Crippen MR) is 65.1 cm³/mol. The van der Waals surface area contributed by atoms with Crippen molar-refractivity contribution in [3.63, 3.8) is 0 Å². The minimum absolute atomic E-state index is 0.577. The summed E-state index contributed by atoms with van der Waals surface area (Å²) in [4.78, 5) is 8.27. The van der Waals surface area contributed by atoms with E-state index in [9.17, 15) is 0 Å². The summed E-state index contributed by atoms with van der Waals surface area (Å²) in [6.45, 7) is 0.823. The lowest BCUT2D eigenvalue weighted by atomic mass is 10.2. The summed E-state index contributed by atoms with van der Waals surface area (Å²) in [7, 11) is 1.59. The van der Waals surface area contributed by atoms with Crippen LogP contribution in [0.25, 0.3) is 0 Å². The maximum Gasteiger partial charge on any atom is 0.225 e. The largest absolute Gasteiger partial charge is 0.481 e. The number of nitrogens with one attached hydrogen (secondary N) is 1. The average Bonchev–Trinajstić information content (AvgIpc) is 2.82. The van der Waals surface area contributed by atoms with Gasteiger partial charge in [-0.05, 0) is 28.8 Å². The van der Waals surface area contributed by atoms with Crippen LogP contribution in [0.5, 0.6) is 5.88 Å². The van der Waals surface area contributed by atoms with Crippen LogP contribution in [0, 0.1) is 0 Å². The second kappa shape index (κ2) is 5.46. The topological polar surface area (TPSA) is 47.0 Å². The fourth-order valence-corrected chi connectivity index (χ4v) is 2.00. The molecule has 1 N–H and O–H groups in total. The summed E-state index contributed by atoms with van der Waals surface area (Å²) >= 11 is 1.71. The van der Waals surface area contributed by atoms with Gasteiger partial charge in [-0.15, -0.1) is 0 Å². The van der Waals surface area contributed by atoms with Gasteiger partial charge in [0.25, 0.3) is 0 Å². The van der Waals surface area contributed by atoms with Crippen molar-refractivity contribution in [2.45, 2.75) is 6.42 Å². The van der Waals surface area contributed by atoms with Gasteiger partial charge in [-0.25, -0.2) is 4.98 Å². The number of anilines is 1. The molecule has 0 fully saturated rings. The molecule has 84 valence electrons. The van der Waals surface area contributed by atoms with Crippen LogP contribution in [-0.2, 0) is 6.42 Å². The molecule has 0 aromatic carbocycles. The summed E-state index contributed by atoms with van der Waals surface area (Å²) in [5.74, 6) is 1.18. The van der Waals surface area contributed by atoms with Gasteiger partial charge >= 0.3 is 0 Å². The van der Waals surface area contributed by atoms with Crippen molar-refractivity contribution in [2.75, 3.05) is 19.0 Å². The van der Waals surface area contributed by atoms with E-state index in [1.165, 1.54) is 5.56 Å². The highest BCUT2D eigenvalue weighted by atomic mass is 32.1. The molecule has 4 nitrogen and oxygen atoms in total. The van der Waals surface area contributed by atoms with Crippen LogP contribution in [-0.4, -0.2) is 23.6 Å². The minimum Gasteiger partial charge on any atom is -0.481 e. The number of ether oxygens (including phenoxy) is 1. The molecule has 0 atom stereocenters. The number of methoxy groups -OCH3 is 1. The number of thiophene rings is 1. The molecular weight excluding hydrogens is 222 g/mol. The molecule has 0 saturated carbocycles. The van der Waals surface area contributed by atoms with Crippen molar-refractivity contribution in [1.82, 2.24) is 9.97 Å². The highest BCUT2D eigenvalue weighted by Gasteiger charge is 1.98. The standard InChI is InChI=1S/C11H13N3OS/c1-15-10-3-6-13-11(14-10)12-5-2-9-4-7-16-8-9/h3-4,6-8H,2,5H2,1H3,(H,12,13,14). The molecule has 0 amide bonds. The van der Waals surface area contributed by atoms with E-state index < -0.39 is 0 Å². The normalized spacial score (nSPS) is 10.1. The van der Waals surface area contributed by atoms with Crippen molar-refractivity contribution in [2.24, 2.45) is 0 Å². The first-order chi connectivity index (χ1) is 7.88. The smallest absolute Gasteiger partial charge is 0.225 e. The Morgan fingerprint density at radius 2 is 2.38 bits per heavy atom. The second-order valence-electron chi connectivity index (χ2n) is 3.23. The second-order valence-corrected chi connectivity index (χ2v) is 4.01. The van der Waals surface area contributed by atoms with Gasteiger partial charge in [0.05, 0.1) is 7.11 Å². The Morgan fingerprint density at radius 3 is 3.12 bits per heavy atom. The van der Waals surface area contributed by atoms with E-state index in [-0.39, 0.29) is 0 Å². The molecule has 2 aromatic heterocycles. The molecule has 0 aliphatic carbocycles. The van der Waals surface area contributed by atoms with E-state index in [0.29, 0.717) is 11.8 Å². The van der Waals surface area contributed by atoms with E-state index in [1.54, 1.807) is 30.7 Å². The third kappa shape index (κ3) is 2.93. The first-order valence-corrected chi connectivity index (χ1v) is 5.95. The Morgan fingerprint density at radius 1 is 1.44 bits per heavy atom. The maximum absolute atomic E-state index is 5.02. The number of hydrogen-bond donors (Lipinski definition) is 1. The quantitative estimate of drug-likeness (QED) is 0.863. The highest BCUT2D eigenvalue weighted by Crippen LogP contribution is 2.09. The minimum atomic E-state index is 0.577. The first-order valence-electron chi connectivity index (χ1n) is 5.00. The fraction of sp³-hybridized carbons (Fsp3) is 0.273. The predicted octanol–water partition coefficient (Wildman–Crippen LogP) is 2.20. The molecule has 2 heterocycles. The Bertz CT molecular complexity index is 431. The van der Waals surface area contributed by atoms with Crippen molar-refractivity contribution in [1.29, 1.82) is 0 Å². The van der Waals surface area contributed by atoms with Crippen molar-refractivity contribution in [3.05, 3.63) is 34.7 Å². The van der Waals surface area contributed by atoms with Gasteiger partial charge in [-0.1, -0.05) is 0 Å². The highest BCUT2D eigenvalue weighted by molar-refractivity contribution is 7.07. The summed E-state index contributed by atoms with van der Waals surface area (Å²) in [6.07, 6.45) is 2.66. The Kier molecular flexibility index (Phi) is 3.71. The van der Waals surface area contributed by atoms with E-state index >= 15 is 0 Å². The van der Waals surface area contributed by atoms with Gasteiger partial charge < -0.3 is 10.1 Å².